The second-order valence-corrected chi connectivity index (χ2v) is 7.62. The van der Waals surface area contributed by atoms with Crippen molar-refractivity contribution in [2.45, 2.75) is 31.7 Å². The molecule has 1 saturated carbocycles. The smallest absolute Gasteiger partial charge is 0.272 e. The first-order valence-electron chi connectivity index (χ1n) is 9.81. The number of benzene rings is 1. The normalized spacial score (nSPS) is 17.6. The van der Waals surface area contributed by atoms with Crippen molar-refractivity contribution in [1.82, 2.24) is 10.3 Å². The summed E-state index contributed by atoms with van der Waals surface area (Å²) in [6, 6.07) is 5.67. The van der Waals surface area contributed by atoms with E-state index in [0.717, 1.165) is 6.42 Å². The number of nitrogens with one attached hydrogen (secondary N) is 1. The van der Waals surface area contributed by atoms with Gasteiger partial charge in [-0.25, -0.2) is 4.39 Å². The highest BCUT2D eigenvalue weighted by molar-refractivity contribution is 7.81. The molecule has 0 bridgehead atoms. The van der Waals surface area contributed by atoms with Crippen LogP contribution in [0.3, 0.4) is 0 Å². The predicted octanol–water partition coefficient (Wildman–Crippen LogP) is 3.50. The van der Waals surface area contributed by atoms with Crippen LogP contribution < -0.4 is 15.1 Å². The van der Waals surface area contributed by atoms with Crippen LogP contribution in [-0.4, -0.2) is 34.5 Å². The minimum atomic E-state index is -0.961. The summed E-state index contributed by atoms with van der Waals surface area (Å²) in [7, 11) is 1.42. The van der Waals surface area contributed by atoms with Crippen molar-refractivity contribution in [2.24, 2.45) is 0 Å². The Kier molecular flexibility index (Phi) is 4.44. The van der Waals surface area contributed by atoms with Crippen LogP contribution in [0.2, 0.25) is 0 Å². The average Bonchev–Trinajstić information content (AvgIpc) is 2.95. The minimum Gasteiger partial charge on any atom is -0.360 e. The minimum absolute atomic E-state index is 0.0911. The number of thiocarbonyl (C=S) groups is 1. The molecule has 4 rings (SSSR count). The lowest BCUT2D eigenvalue weighted by Gasteiger charge is -2.43. The van der Waals surface area contributed by atoms with Crippen molar-refractivity contribution in [1.29, 1.82) is 0 Å². The van der Waals surface area contributed by atoms with Crippen molar-refractivity contribution in [3.63, 3.8) is 0 Å². The maximum atomic E-state index is 14.7. The molecule has 1 aliphatic carbocycles. The van der Waals surface area contributed by atoms with Crippen molar-refractivity contribution >= 4 is 46.3 Å². The number of hydrogen-bond acceptors (Lipinski definition) is 4. The first-order valence-corrected chi connectivity index (χ1v) is 9.72. The molecule has 7 nitrogen and oxygen atoms in total. The molecule has 1 aliphatic heterocycles. The highest BCUT2D eigenvalue weighted by Crippen LogP contribution is 2.48. The number of carbonyl (C=O) groups is 2. The highest BCUT2D eigenvalue weighted by Gasteiger charge is 2.59. The number of aryl methyl sites for hydroxylation is 1. The number of amides is 2. The number of rotatable bonds is 3. The fourth-order valence-corrected chi connectivity index (χ4v) is 4.34. The number of hydrogen-bond donors (Lipinski definition) is 1. The zero-order valence-corrected chi connectivity index (χ0v) is 17.1. The van der Waals surface area contributed by atoms with Gasteiger partial charge < -0.3 is 15.1 Å². The van der Waals surface area contributed by atoms with E-state index in [4.69, 9.17) is 20.2 Å². The van der Waals surface area contributed by atoms with Crippen LogP contribution in [-0.2, 0) is 4.79 Å². The Bertz CT molecular complexity index is 1190. The summed E-state index contributed by atoms with van der Waals surface area (Å²) >= 11 is 5.62. The molecule has 2 aromatic rings. The van der Waals surface area contributed by atoms with Crippen molar-refractivity contribution < 1.29 is 15.4 Å². The van der Waals surface area contributed by atoms with Gasteiger partial charge in [0, 0.05) is 12.7 Å². The summed E-state index contributed by atoms with van der Waals surface area (Å²) in [6.45, 7) is 8.85. The molecule has 2 aliphatic rings. The summed E-state index contributed by atoms with van der Waals surface area (Å²) in [4.78, 5) is 35.5. The lowest BCUT2D eigenvalue weighted by Crippen LogP contribution is -2.55. The molecule has 1 N–H and O–H groups in total. The fourth-order valence-electron chi connectivity index (χ4n) is 3.88. The molecule has 1 saturated heterocycles. The molecule has 152 valence electrons. The van der Waals surface area contributed by atoms with E-state index in [1.807, 2.05) is 0 Å². The second-order valence-electron chi connectivity index (χ2n) is 7.26. The van der Waals surface area contributed by atoms with Crippen LogP contribution in [0, 0.1) is 19.3 Å². The zero-order valence-electron chi connectivity index (χ0n) is 17.3. The van der Waals surface area contributed by atoms with Crippen LogP contribution in [0.4, 0.5) is 21.6 Å². The monoisotopic (exact) mass is 424 g/mol. The fraction of sp³-hybridized carbons (Fsp3) is 0.286. The Labute approximate surface area is 179 Å². The van der Waals surface area contributed by atoms with Crippen LogP contribution >= 0.6 is 12.2 Å². The average molecular weight is 424 g/mol. The summed E-state index contributed by atoms with van der Waals surface area (Å²) in [5, 5.41) is 2.50. The molecule has 0 unspecified atom stereocenters. The quantitative estimate of drug-likeness (QED) is 0.603. The number of carbonyl (C=O) groups excluding carboxylic acids is 2. The summed E-state index contributed by atoms with van der Waals surface area (Å²) in [6.07, 6.45) is 1.63. The van der Waals surface area contributed by atoms with Gasteiger partial charge in [-0.15, -0.1) is 4.98 Å². The van der Waals surface area contributed by atoms with Gasteiger partial charge in [0.2, 0.25) is 0 Å². The molecule has 1 aromatic heterocycles. The van der Waals surface area contributed by atoms with Crippen LogP contribution in [0.5, 0.6) is 0 Å². The molecular formula is C21H18FN5O2S. The van der Waals surface area contributed by atoms with Gasteiger partial charge in [-0.2, -0.15) is 0 Å². The van der Waals surface area contributed by atoms with Crippen molar-refractivity contribution in [2.75, 3.05) is 16.8 Å². The third kappa shape index (κ3) is 2.75. The van der Waals surface area contributed by atoms with Crippen LogP contribution in [0.25, 0.3) is 4.85 Å². The van der Waals surface area contributed by atoms with Crippen LogP contribution in [0.15, 0.2) is 30.4 Å². The molecular weight excluding hydrogens is 405 g/mol. The van der Waals surface area contributed by atoms with Crippen molar-refractivity contribution in [3.05, 3.63) is 58.8 Å². The molecule has 2 heterocycles. The van der Waals surface area contributed by atoms with E-state index in [1.165, 1.54) is 24.1 Å². The lowest BCUT2D eigenvalue weighted by atomic mass is 9.75. The highest BCUT2D eigenvalue weighted by atomic mass is 32.1. The molecule has 1 spiro atoms. The number of anilines is 2. The maximum absolute atomic E-state index is 14.7. The number of pyridine rings is 1. The topological polar surface area (TPSA) is 69.9 Å². The molecule has 0 radical (unpaired) electrons. The summed E-state index contributed by atoms with van der Waals surface area (Å²) in [5.41, 5.74) is 0.0105. The molecule has 2 amide bonds. The Morgan fingerprint density at radius 1 is 1.40 bits per heavy atom. The van der Waals surface area contributed by atoms with Gasteiger partial charge in [-0.3, -0.25) is 14.5 Å². The number of halogens is 1. The van der Waals surface area contributed by atoms with E-state index in [1.54, 1.807) is 24.0 Å². The zero-order chi connectivity index (χ0) is 22.5. The van der Waals surface area contributed by atoms with Crippen LogP contribution in [0.1, 0.15) is 36.6 Å². The van der Waals surface area contributed by atoms with E-state index >= 15 is 0 Å². The largest absolute Gasteiger partial charge is 0.360 e. The third-order valence-electron chi connectivity index (χ3n) is 5.60. The standard InChI is InChI=1S/C21H18FN5O2S/c1-12-9-14(11-25-17(12)23-2)26-19(29)21(7-4-8-21)27(20(26)30)13-5-6-15(16(22)10-13)18(28)24-3/h5-6,9-11H,4,7-8H2,1,3H3,(H,24,28)/i11D. The van der Waals surface area contributed by atoms with E-state index in [0.29, 0.717) is 24.1 Å². The Hall–Kier alpha value is -3.38. The van der Waals surface area contributed by atoms with Gasteiger partial charge in [-0.05, 0) is 68.2 Å². The predicted molar refractivity (Wildman–Crippen MR) is 114 cm³/mol. The van der Waals surface area contributed by atoms with E-state index in [-0.39, 0.29) is 34.3 Å². The van der Waals surface area contributed by atoms with Gasteiger partial charge in [0.1, 0.15) is 18.9 Å². The molecule has 1 aromatic carbocycles. The Balaban J connectivity index is 1.81. The van der Waals surface area contributed by atoms with Gasteiger partial charge in [-0.1, -0.05) is 6.57 Å². The van der Waals surface area contributed by atoms with E-state index in [9.17, 15) is 14.0 Å². The van der Waals surface area contributed by atoms with E-state index < -0.39 is 17.3 Å². The second kappa shape index (κ2) is 7.15. The Morgan fingerprint density at radius 2 is 2.13 bits per heavy atom. The molecule has 30 heavy (non-hydrogen) atoms. The molecule has 2 fully saturated rings. The molecule has 9 heteroatoms. The SMILES string of the molecule is [2H]c1nc([N+]#[C-])c(C)cc1N1C(=O)C2(CCC2)N(c2ccc(C(=O)NC)c(F)c2)C1=S. The van der Waals surface area contributed by atoms with Crippen molar-refractivity contribution in [3.8, 4) is 0 Å². The Morgan fingerprint density at radius 3 is 2.70 bits per heavy atom. The van der Waals surface area contributed by atoms with E-state index in [2.05, 4.69) is 15.1 Å². The summed E-state index contributed by atoms with van der Waals surface area (Å²) in [5.74, 6) is -1.48. The summed E-state index contributed by atoms with van der Waals surface area (Å²) < 4.78 is 22.9. The number of nitrogens with zero attached hydrogens (tertiary/aromatic N) is 4. The number of aromatic nitrogens is 1. The third-order valence-corrected chi connectivity index (χ3v) is 5.97. The molecule has 0 atom stereocenters. The first-order chi connectivity index (χ1) is 14.7. The van der Waals surface area contributed by atoms with Gasteiger partial charge >= 0.3 is 0 Å². The maximum Gasteiger partial charge on any atom is 0.272 e. The van der Waals surface area contributed by atoms with Gasteiger partial charge in [0.15, 0.2) is 5.11 Å². The first kappa shape index (κ1) is 18.6. The van der Waals surface area contributed by atoms with Gasteiger partial charge in [0.05, 0.1) is 11.3 Å². The lowest BCUT2D eigenvalue weighted by molar-refractivity contribution is -0.123. The van der Waals surface area contributed by atoms with Gasteiger partial charge in [0.25, 0.3) is 17.6 Å².